The normalized spacial score (nSPS) is 19.2. The van der Waals surface area contributed by atoms with E-state index >= 15 is 0 Å². The van der Waals surface area contributed by atoms with Gasteiger partial charge < -0.3 is 17.0 Å². The molecule has 23 heavy (non-hydrogen) atoms. The first-order valence-corrected chi connectivity index (χ1v) is 9.84. The molecule has 1 rings (SSSR count). The van der Waals surface area contributed by atoms with Crippen LogP contribution in [0.25, 0.3) is 0 Å². The zero-order chi connectivity index (χ0) is 15.9. The Kier molecular flexibility index (Phi) is 15.3. The minimum Gasteiger partial charge on any atom is -1.00 e. The predicted molar refractivity (Wildman–Crippen MR) is 99.0 cm³/mol. The maximum absolute atomic E-state index is 4.19. The number of rotatable bonds is 15. The molecule has 0 bridgehead atoms. The summed E-state index contributed by atoms with van der Waals surface area (Å²) in [5.74, 6) is 0. The van der Waals surface area contributed by atoms with Crippen molar-refractivity contribution in [2.45, 2.75) is 96.8 Å². The number of hydrogen-bond donors (Lipinski definition) is 0. The molecule has 0 amide bonds. The Bertz CT molecular complexity index is 301. The van der Waals surface area contributed by atoms with E-state index in [1.165, 1.54) is 96.4 Å². The topological polar surface area (TPSA) is 12.4 Å². The third-order valence-electron chi connectivity index (χ3n) is 4.82. The fourth-order valence-corrected chi connectivity index (χ4v) is 3.20. The maximum Gasteiger partial charge on any atom is 0.194 e. The van der Waals surface area contributed by atoms with Crippen molar-refractivity contribution in [1.82, 2.24) is 0 Å². The van der Waals surface area contributed by atoms with Gasteiger partial charge >= 0.3 is 0 Å². The predicted octanol–water partition coefficient (Wildman–Crippen LogP) is 3.43. The van der Waals surface area contributed by atoms with Crippen molar-refractivity contribution in [2.75, 3.05) is 13.6 Å². The molecule has 3 heteroatoms. The molecule has 0 aliphatic carbocycles. The van der Waals surface area contributed by atoms with Gasteiger partial charge in [-0.2, -0.15) is 0 Å². The minimum absolute atomic E-state index is 0. The molecule has 1 aliphatic heterocycles. The van der Waals surface area contributed by atoms with Gasteiger partial charge in [0.15, 0.2) is 6.34 Å². The molecular weight excluding hydrogens is 348 g/mol. The smallest absolute Gasteiger partial charge is 0.194 e. The highest BCUT2D eigenvalue weighted by molar-refractivity contribution is 5.50. The molecule has 1 unspecified atom stereocenters. The molecule has 0 aromatic carbocycles. The molecule has 0 aromatic rings. The summed E-state index contributed by atoms with van der Waals surface area (Å²) in [6, 6.07) is 0. The second-order valence-electron chi connectivity index (χ2n) is 7.23. The van der Waals surface area contributed by atoms with Gasteiger partial charge in [0.2, 0.25) is 0 Å². The highest BCUT2D eigenvalue weighted by atomic mass is 79.9. The van der Waals surface area contributed by atoms with Gasteiger partial charge in [0, 0.05) is 0 Å². The zero-order valence-corrected chi connectivity index (χ0v) is 17.2. The van der Waals surface area contributed by atoms with E-state index in [1.54, 1.807) is 0 Å². The summed E-state index contributed by atoms with van der Waals surface area (Å²) in [4.78, 5) is 4.19. The SMILES string of the molecule is CCCCCCCCCCCCCCCC[N+]1(C)C=CN=C1.[Br-]. The van der Waals surface area contributed by atoms with E-state index < -0.39 is 0 Å². The lowest BCUT2D eigenvalue weighted by atomic mass is 10.0. The van der Waals surface area contributed by atoms with E-state index in [9.17, 15) is 0 Å². The molecule has 1 atom stereocenters. The van der Waals surface area contributed by atoms with E-state index in [2.05, 4.69) is 25.2 Å². The summed E-state index contributed by atoms with van der Waals surface area (Å²) in [7, 11) is 2.23. The van der Waals surface area contributed by atoms with E-state index in [0.717, 1.165) is 4.48 Å². The first-order valence-electron chi connectivity index (χ1n) is 9.84. The Morgan fingerprint density at radius 2 is 1.13 bits per heavy atom. The van der Waals surface area contributed by atoms with E-state index in [1.807, 2.05) is 12.5 Å². The third kappa shape index (κ3) is 12.9. The quantitative estimate of drug-likeness (QED) is 0.302. The molecular formula is C20H39BrN2. The lowest BCUT2D eigenvalue weighted by Crippen LogP contribution is -3.00. The van der Waals surface area contributed by atoms with Crippen molar-refractivity contribution < 1.29 is 21.5 Å². The van der Waals surface area contributed by atoms with Crippen LogP contribution in [0, 0.1) is 0 Å². The van der Waals surface area contributed by atoms with E-state index in [0.29, 0.717) is 0 Å². The van der Waals surface area contributed by atoms with Gasteiger partial charge in [0.25, 0.3) is 0 Å². The fraction of sp³-hybridized carbons (Fsp3) is 0.850. The Morgan fingerprint density at radius 3 is 1.52 bits per heavy atom. The number of unbranched alkanes of at least 4 members (excludes halogenated alkanes) is 13. The summed E-state index contributed by atoms with van der Waals surface area (Å²) in [5.41, 5.74) is 0. The van der Waals surface area contributed by atoms with Crippen LogP contribution in [0.5, 0.6) is 0 Å². The van der Waals surface area contributed by atoms with Gasteiger partial charge in [0.05, 0.1) is 19.8 Å². The highest BCUT2D eigenvalue weighted by Crippen LogP contribution is 2.14. The second kappa shape index (κ2) is 15.4. The minimum atomic E-state index is 0. The van der Waals surface area contributed by atoms with Crippen LogP contribution >= 0.6 is 0 Å². The monoisotopic (exact) mass is 386 g/mol. The first kappa shape index (κ1) is 22.9. The van der Waals surface area contributed by atoms with Crippen LogP contribution in [0.15, 0.2) is 17.4 Å². The molecule has 0 fully saturated rings. The summed E-state index contributed by atoms with van der Waals surface area (Å²) in [5, 5.41) is 0. The van der Waals surface area contributed by atoms with Crippen LogP contribution in [0.4, 0.5) is 0 Å². The Balaban J connectivity index is 0.00000484. The van der Waals surface area contributed by atoms with Crippen molar-refractivity contribution in [3.63, 3.8) is 0 Å². The first-order chi connectivity index (χ1) is 10.8. The summed E-state index contributed by atoms with van der Waals surface area (Å²) < 4.78 is 0.901. The standard InChI is InChI=1S/C20H39N2.BrH/c1-3-4-5-6-7-8-9-10-11-12-13-14-15-16-18-22(2)19-17-21-20-22;/h17,19-20H,3-16,18H2,1-2H3;1H/q+1;/p-1. The Labute approximate surface area is 155 Å². The van der Waals surface area contributed by atoms with Crippen molar-refractivity contribution in [2.24, 2.45) is 4.99 Å². The van der Waals surface area contributed by atoms with E-state index in [4.69, 9.17) is 0 Å². The van der Waals surface area contributed by atoms with Crippen LogP contribution in [-0.4, -0.2) is 24.4 Å². The molecule has 1 aliphatic rings. The molecule has 0 saturated carbocycles. The van der Waals surface area contributed by atoms with Crippen molar-refractivity contribution in [3.05, 3.63) is 12.4 Å². The summed E-state index contributed by atoms with van der Waals surface area (Å²) >= 11 is 0. The number of nitrogens with zero attached hydrogens (tertiary/aromatic N) is 2. The van der Waals surface area contributed by atoms with Crippen LogP contribution in [0.3, 0.4) is 0 Å². The molecule has 0 N–H and O–H groups in total. The number of hydrogen-bond acceptors (Lipinski definition) is 1. The van der Waals surface area contributed by atoms with Crippen LogP contribution in [0.1, 0.15) is 96.8 Å². The highest BCUT2D eigenvalue weighted by Gasteiger charge is 2.18. The Morgan fingerprint density at radius 1 is 0.696 bits per heavy atom. The summed E-state index contributed by atoms with van der Waals surface area (Å²) in [6.45, 7) is 3.50. The van der Waals surface area contributed by atoms with Crippen molar-refractivity contribution in [3.8, 4) is 0 Å². The maximum atomic E-state index is 4.19. The molecule has 0 radical (unpaired) electrons. The average molecular weight is 387 g/mol. The molecule has 2 nitrogen and oxygen atoms in total. The average Bonchev–Trinajstić information content (AvgIpc) is 2.94. The number of halogens is 1. The van der Waals surface area contributed by atoms with Crippen LogP contribution < -0.4 is 17.0 Å². The zero-order valence-electron chi connectivity index (χ0n) is 15.6. The summed E-state index contributed by atoms with van der Waals surface area (Å²) in [6.07, 6.45) is 26.2. The molecule has 0 spiro atoms. The molecule has 0 aromatic heterocycles. The van der Waals surface area contributed by atoms with E-state index in [-0.39, 0.29) is 17.0 Å². The van der Waals surface area contributed by atoms with Crippen LogP contribution in [-0.2, 0) is 0 Å². The molecule has 1 heterocycles. The van der Waals surface area contributed by atoms with Gasteiger partial charge in [-0.05, 0) is 12.8 Å². The third-order valence-corrected chi connectivity index (χ3v) is 4.82. The van der Waals surface area contributed by atoms with Gasteiger partial charge in [-0.25, -0.2) is 4.99 Å². The van der Waals surface area contributed by atoms with Gasteiger partial charge in [-0.3, -0.25) is 4.48 Å². The lowest BCUT2D eigenvalue weighted by Gasteiger charge is -2.21. The molecule has 136 valence electrons. The number of aliphatic imine (C=N–C) groups is 1. The number of quaternary nitrogens is 1. The van der Waals surface area contributed by atoms with Crippen molar-refractivity contribution >= 4 is 6.34 Å². The lowest BCUT2D eigenvalue weighted by molar-refractivity contribution is -0.756. The van der Waals surface area contributed by atoms with Crippen LogP contribution in [0.2, 0.25) is 0 Å². The Hall–Kier alpha value is -0.150. The molecule has 0 saturated heterocycles. The van der Waals surface area contributed by atoms with Gasteiger partial charge in [0.1, 0.15) is 6.20 Å². The largest absolute Gasteiger partial charge is 1.00 e. The fourth-order valence-electron chi connectivity index (χ4n) is 3.20. The van der Waals surface area contributed by atoms with Crippen molar-refractivity contribution in [1.29, 1.82) is 0 Å². The van der Waals surface area contributed by atoms with Gasteiger partial charge in [-0.1, -0.05) is 84.0 Å². The second-order valence-corrected chi connectivity index (χ2v) is 7.23. The van der Waals surface area contributed by atoms with Gasteiger partial charge in [-0.15, -0.1) is 0 Å².